The zero-order valence-corrected chi connectivity index (χ0v) is 17.8. The number of benzene rings is 1. The molecule has 0 aliphatic carbocycles. The number of rotatable bonds is 4. The summed E-state index contributed by atoms with van der Waals surface area (Å²) in [6, 6.07) is 8.16. The normalized spacial score (nSPS) is 14.7. The molecule has 11 heteroatoms. The number of imidazole rings is 1. The maximum absolute atomic E-state index is 13.3. The third kappa shape index (κ3) is 4.43. The Labute approximate surface area is 185 Å². The number of hydrogen-bond acceptors (Lipinski definition) is 5. The van der Waals surface area contributed by atoms with Crippen LogP contribution in [0.3, 0.4) is 0 Å². The number of amides is 1. The second-order valence-electron chi connectivity index (χ2n) is 7.12. The van der Waals surface area contributed by atoms with Crippen molar-refractivity contribution < 1.29 is 22.4 Å². The number of aromatic nitrogens is 3. The molecule has 1 amide bonds. The first-order valence-corrected chi connectivity index (χ1v) is 11.0. The Morgan fingerprint density at radius 1 is 0.969 bits per heavy atom. The number of alkyl halides is 3. The van der Waals surface area contributed by atoms with Gasteiger partial charge in [0, 0.05) is 38.1 Å². The molecule has 0 radical (unpaired) electrons. The van der Waals surface area contributed by atoms with Crippen LogP contribution in [0.4, 0.5) is 23.4 Å². The molecule has 32 heavy (non-hydrogen) atoms. The number of thioether (sulfide) groups is 1. The number of carbonyl (C=O) groups excluding carboxylic acids is 1. The molecular weight excluding hydrogens is 446 g/mol. The average Bonchev–Trinajstić information content (AvgIpc) is 3.23. The van der Waals surface area contributed by atoms with Crippen LogP contribution in [0.5, 0.6) is 0 Å². The minimum Gasteiger partial charge on any atom is -0.353 e. The third-order valence-electron chi connectivity index (χ3n) is 5.18. The smallest absolute Gasteiger partial charge is 0.353 e. The Hall–Kier alpha value is -3.08. The first-order valence-electron chi connectivity index (χ1n) is 9.73. The lowest BCUT2D eigenvalue weighted by Gasteiger charge is -2.35. The number of halogens is 4. The van der Waals surface area contributed by atoms with Crippen LogP contribution in [0.1, 0.15) is 16.1 Å². The molecule has 168 valence electrons. The van der Waals surface area contributed by atoms with Crippen molar-refractivity contribution in [3.8, 4) is 5.69 Å². The summed E-state index contributed by atoms with van der Waals surface area (Å²) in [6.07, 6.45) is -0.272. The minimum atomic E-state index is -4.43. The predicted molar refractivity (Wildman–Crippen MR) is 113 cm³/mol. The van der Waals surface area contributed by atoms with Crippen LogP contribution in [-0.4, -0.2) is 57.8 Å². The van der Waals surface area contributed by atoms with E-state index in [0.29, 0.717) is 48.5 Å². The van der Waals surface area contributed by atoms with Gasteiger partial charge < -0.3 is 9.80 Å². The molecule has 1 aliphatic heterocycles. The predicted octanol–water partition coefficient (Wildman–Crippen LogP) is 4.11. The van der Waals surface area contributed by atoms with E-state index in [1.54, 1.807) is 21.6 Å². The van der Waals surface area contributed by atoms with Crippen LogP contribution in [0.25, 0.3) is 5.69 Å². The van der Waals surface area contributed by atoms with Gasteiger partial charge in [0.15, 0.2) is 5.16 Å². The number of hydrogen-bond donors (Lipinski definition) is 0. The van der Waals surface area contributed by atoms with Gasteiger partial charge in [-0.3, -0.25) is 9.36 Å². The highest BCUT2D eigenvalue weighted by molar-refractivity contribution is 7.98. The zero-order valence-electron chi connectivity index (χ0n) is 17.0. The van der Waals surface area contributed by atoms with Gasteiger partial charge in [0.2, 0.25) is 0 Å². The molecule has 1 aromatic carbocycles. The fourth-order valence-corrected chi connectivity index (χ4v) is 4.06. The van der Waals surface area contributed by atoms with Crippen molar-refractivity contribution in [2.24, 2.45) is 0 Å². The molecule has 0 N–H and O–H groups in total. The first-order chi connectivity index (χ1) is 15.3. The van der Waals surface area contributed by atoms with E-state index in [9.17, 15) is 22.4 Å². The van der Waals surface area contributed by atoms with Gasteiger partial charge >= 0.3 is 6.18 Å². The molecule has 3 heterocycles. The van der Waals surface area contributed by atoms with E-state index in [1.807, 2.05) is 11.2 Å². The van der Waals surface area contributed by atoms with Crippen molar-refractivity contribution in [3.63, 3.8) is 0 Å². The molecule has 1 saturated heterocycles. The van der Waals surface area contributed by atoms with Crippen LogP contribution in [0.2, 0.25) is 0 Å². The van der Waals surface area contributed by atoms with E-state index < -0.39 is 11.7 Å². The topological polar surface area (TPSA) is 54.3 Å². The second kappa shape index (κ2) is 8.81. The molecule has 0 spiro atoms. The Bertz CT molecular complexity index is 1090. The molecule has 1 fully saturated rings. The van der Waals surface area contributed by atoms with Crippen molar-refractivity contribution in [2.75, 3.05) is 37.3 Å². The van der Waals surface area contributed by atoms with Crippen LogP contribution >= 0.6 is 11.8 Å². The molecule has 0 bridgehead atoms. The molecule has 3 aromatic rings. The van der Waals surface area contributed by atoms with Gasteiger partial charge in [0.05, 0.1) is 11.8 Å². The van der Waals surface area contributed by atoms with Gasteiger partial charge in [0.25, 0.3) is 5.91 Å². The summed E-state index contributed by atoms with van der Waals surface area (Å²) in [4.78, 5) is 25.0. The fourth-order valence-electron chi connectivity index (χ4n) is 3.51. The standard InChI is InChI=1S/C21H19F4N5OS/c1-32-20-27-13-17(30(20)16-5-3-15(22)4-6-16)19(31)29-10-8-28(9-11-29)18-7-2-14(12-26-18)21(23,24)25/h2-7,12-13H,8-11H2,1H3. The van der Waals surface area contributed by atoms with Gasteiger partial charge in [-0.25, -0.2) is 14.4 Å². The van der Waals surface area contributed by atoms with Crippen LogP contribution < -0.4 is 4.90 Å². The van der Waals surface area contributed by atoms with E-state index >= 15 is 0 Å². The van der Waals surface area contributed by atoms with Gasteiger partial charge in [-0.1, -0.05) is 11.8 Å². The Kier molecular flexibility index (Phi) is 6.09. The summed E-state index contributed by atoms with van der Waals surface area (Å²) >= 11 is 1.37. The number of pyridine rings is 1. The summed E-state index contributed by atoms with van der Waals surface area (Å²) in [5.74, 6) is -0.159. The zero-order chi connectivity index (χ0) is 22.9. The van der Waals surface area contributed by atoms with Gasteiger partial charge in [-0.15, -0.1) is 0 Å². The lowest BCUT2D eigenvalue weighted by atomic mass is 10.2. The summed E-state index contributed by atoms with van der Waals surface area (Å²) in [5.41, 5.74) is 0.194. The first kappa shape index (κ1) is 22.1. The lowest BCUT2D eigenvalue weighted by molar-refractivity contribution is -0.137. The van der Waals surface area contributed by atoms with E-state index in [-0.39, 0.29) is 11.7 Å². The summed E-state index contributed by atoms with van der Waals surface area (Å²) in [7, 11) is 0. The van der Waals surface area contributed by atoms with Crippen molar-refractivity contribution in [3.05, 3.63) is 65.9 Å². The molecular formula is C21H19F4N5OS. The van der Waals surface area contributed by atoms with E-state index in [2.05, 4.69) is 9.97 Å². The third-order valence-corrected chi connectivity index (χ3v) is 5.84. The van der Waals surface area contributed by atoms with Gasteiger partial charge in [-0.2, -0.15) is 13.2 Å². The van der Waals surface area contributed by atoms with Crippen molar-refractivity contribution in [1.82, 2.24) is 19.4 Å². The maximum atomic E-state index is 13.3. The van der Waals surface area contributed by atoms with Gasteiger partial charge in [0.1, 0.15) is 17.3 Å². The van der Waals surface area contributed by atoms with Crippen molar-refractivity contribution >= 4 is 23.5 Å². The molecule has 0 unspecified atom stereocenters. The van der Waals surface area contributed by atoms with Crippen molar-refractivity contribution in [1.29, 1.82) is 0 Å². The molecule has 6 nitrogen and oxygen atoms in total. The average molecular weight is 465 g/mol. The monoisotopic (exact) mass is 465 g/mol. The highest BCUT2D eigenvalue weighted by Crippen LogP contribution is 2.29. The maximum Gasteiger partial charge on any atom is 0.417 e. The molecule has 1 aliphatic rings. The van der Waals surface area contributed by atoms with Gasteiger partial charge in [-0.05, 0) is 42.7 Å². The molecule has 0 saturated carbocycles. The largest absolute Gasteiger partial charge is 0.417 e. The highest BCUT2D eigenvalue weighted by atomic mass is 32.2. The molecule has 0 atom stereocenters. The van der Waals surface area contributed by atoms with E-state index in [1.165, 1.54) is 36.2 Å². The molecule has 2 aromatic heterocycles. The number of piperazine rings is 1. The van der Waals surface area contributed by atoms with Crippen LogP contribution in [0, 0.1) is 5.82 Å². The summed E-state index contributed by atoms with van der Waals surface area (Å²) in [6.45, 7) is 1.63. The van der Waals surface area contributed by atoms with Crippen molar-refractivity contribution in [2.45, 2.75) is 11.3 Å². The lowest BCUT2D eigenvalue weighted by Crippen LogP contribution is -2.49. The van der Waals surface area contributed by atoms with E-state index in [0.717, 1.165) is 12.3 Å². The molecule has 4 rings (SSSR count). The summed E-state index contributed by atoms with van der Waals surface area (Å²) < 4.78 is 53.3. The van der Waals surface area contributed by atoms with Crippen LogP contribution in [-0.2, 0) is 6.18 Å². The van der Waals surface area contributed by atoms with Crippen LogP contribution in [0.15, 0.2) is 53.9 Å². The minimum absolute atomic E-state index is 0.220. The summed E-state index contributed by atoms with van der Waals surface area (Å²) in [5, 5.41) is 0.604. The fraction of sp³-hybridized carbons (Fsp3) is 0.286. The Balaban J connectivity index is 1.48. The second-order valence-corrected chi connectivity index (χ2v) is 7.90. The SMILES string of the molecule is CSc1ncc(C(=O)N2CCN(c3ccc(C(F)(F)F)cn3)CC2)n1-c1ccc(F)cc1. The number of nitrogens with zero attached hydrogens (tertiary/aromatic N) is 5. The number of anilines is 1. The Morgan fingerprint density at radius 2 is 1.66 bits per heavy atom. The van der Waals surface area contributed by atoms with E-state index in [4.69, 9.17) is 0 Å². The Morgan fingerprint density at radius 3 is 2.22 bits per heavy atom. The quantitative estimate of drug-likeness (QED) is 0.429. The number of carbonyl (C=O) groups is 1. The highest BCUT2D eigenvalue weighted by Gasteiger charge is 2.31.